The molecule has 12 heavy (non-hydrogen) atoms. The summed E-state index contributed by atoms with van der Waals surface area (Å²) in [5.41, 5.74) is 0. The SMILES string of the molecule is [Na+].[Na+].[c-]1cccc2[c-]cccc12. The van der Waals surface area contributed by atoms with Crippen molar-refractivity contribution in [1.82, 2.24) is 0 Å². The van der Waals surface area contributed by atoms with E-state index in [4.69, 9.17) is 0 Å². The van der Waals surface area contributed by atoms with Crippen LogP contribution in [-0.4, -0.2) is 0 Å². The molecular weight excluding hydrogens is 166 g/mol. The van der Waals surface area contributed by atoms with Gasteiger partial charge >= 0.3 is 59.1 Å². The summed E-state index contributed by atoms with van der Waals surface area (Å²) < 4.78 is 0. The minimum atomic E-state index is 0. The van der Waals surface area contributed by atoms with Crippen molar-refractivity contribution < 1.29 is 59.1 Å². The molecule has 0 radical (unpaired) electrons. The van der Waals surface area contributed by atoms with Crippen molar-refractivity contribution in [3.63, 3.8) is 0 Å². The van der Waals surface area contributed by atoms with Gasteiger partial charge in [0.1, 0.15) is 0 Å². The van der Waals surface area contributed by atoms with E-state index < -0.39 is 0 Å². The van der Waals surface area contributed by atoms with Crippen molar-refractivity contribution in [2.45, 2.75) is 0 Å². The third kappa shape index (κ3) is 2.88. The van der Waals surface area contributed by atoms with E-state index in [0.717, 1.165) is 10.8 Å². The fraction of sp³-hybridized carbons (Fsp3) is 0. The van der Waals surface area contributed by atoms with Crippen molar-refractivity contribution in [2.75, 3.05) is 0 Å². The Bertz CT molecular complexity index is 279. The number of benzene rings is 2. The molecule has 0 atom stereocenters. The van der Waals surface area contributed by atoms with E-state index in [-0.39, 0.29) is 59.1 Å². The van der Waals surface area contributed by atoms with Gasteiger partial charge in [-0.05, 0) is 0 Å². The molecule has 0 bridgehead atoms. The Morgan fingerprint density at radius 3 is 1.58 bits per heavy atom. The van der Waals surface area contributed by atoms with Crippen LogP contribution in [0.4, 0.5) is 0 Å². The molecule has 0 amide bonds. The van der Waals surface area contributed by atoms with Crippen molar-refractivity contribution in [3.8, 4) is 0 Å². The van der Waals surface area contributed by atoms with Gasteiger partial charge in [-0.1, -0.05) is 0 Å². The van der Waals surface area contributed by atoms with Gasteiger partial charge in [-0.2, -0.15) is 36.4 Å². The van der Waals surface area contributed by atoms with Crippen LogP contribution in [0.5, 0.6) is 0 Å². The van der Waals surface area contributed by atoms with E-state index in [1.165, 1.54) is 0 Å². The van der Waals surface area contributed by atoms with Crippen LogP contribution in [0.15, 0.2) is 36.4 Å². The zero-order valence-corrected chi connectivity index (χ0v) is 11.5. The second-order valence-corrected chi connectivity index (χ2v) is 2.17. The molecule has 2 rings (SSSR count). The molecule has 0 heterocycles. The third-order valence-corrected chi connectivity index (χ3v) is 1.49. The molecule has 0 saturated heterocycles. The second kappa shape index (κ2) is 6.20. The molecule has 0 spiro atoms. The molecule has 0 aliphatic carbocycles. The molecule has 0 fully saturated rings. The second-order valence-electron chi connectivity index (χ2n) is 2.17. The first-order valence-corrected chi connectivity index (χ1v) is 3.24. The minimum Gasteiger partial charge on any atom is -0.235 e. The summed E-state index contributed by atoms with van der Waals surface area (Å²) in [6, 6.07) is 18.1. The van der Waals surface area contributed by atoms with Crippen molar-refractivity contribution in [3.05, 3.63) is 48.5 Å². The molecule has 0 aromatic heterocycles. The monoisotopic (exact) mass is 172 g/mol. The molecule has 0 aliphatic rings. The number of fused-ring (bicyclic) bond motifs is 1. The van der Waals surface area contributed by atoms with Gasteiger partial charge < -0.3 is 0 Å². The first-order chi connectivity index (χ1) is 4.97. The quantitative estimate of drug-likeness (QED) is 0.285. The average molecular weight is 172 g/mol. The molecule has 0 saturated carbocycles. The van der Waals surface area contributed by atoms with Crippen LogP contribution in [0, 0.1) is 12.1 Å². The summed E-state index contributed by atoms with van der Waals surface area (Å²) in [4.78, 5) is 0. The normalized spacial score (nSPS) is 8.33. The maximum Gasteiger partial charge on any atom is 1.00 e. The van der Waals surface area contributed by atoms with Gasteiger partial charge in [0.25, 0.3) is 0 Å². The Hall–Kier alpha value is 0.700. The minimum absolute atomic E-state index is 0. The zero-order valence-electron chi connectivity index (χ0n) is 7.46. The van der Waals surface area contributed by atoms with E-state index in [0.29, 0.717) is 0 Å². The van der Waals surface area contributed by atoms with Crippen LogP contribution in [-0.2, 0) is 0 Å². The smallest absolute Gasteiger partial charge is 0.235 e. The summed E-state index contributed by atoms with van der Waals surface area (Å²) in [5.74, 6) is 0. The van der Waals surface area contributed by atoms with Crippen LogP contribution < -0.4 is 59.1 Å². The van der Waals surface area contributed by atoms with E-state index >= 15 is 0 Å². The van der Waals surface area contributed by atoms with Gasteiger partial charge in [-0.15, -0.1) is 0 Å². The summed E-state index contributed by atoms with van der Waals surface area (Å²) >= 11 is 0. The number of hydrogen-bond acceptors (Lipinski definition) is 0. The molecule has 0 aliphatic heterocycles. The first-order valence-electron chi connectivity index (χ1n) is 3.24. The van der Waals surface area contributed by atoms with Gasteiger partial charge in [-0.3, -0.25) is 0 Å². The fourth-order valence-electron chi connectivity index (χ4n) is 0.996. The Kier molecular flexibility index (Phi) is 6.56. The predicted molar refractivity (Wildman–Crippen MR) is 41.6 cm³/mol. The van der Waals surface area contributed by atoms with Crippen LogP contribution in [0.25, 0.3) is 10.8 Å². The Balaban J connectivity index is 0.000000605. The fourth-order valence-corrected chi connectivity index (χ4v) is 0.996. The first kappa shape index (κ1) is 12.7. The summed E-state index contributed by atoms with van der Waals surface area (Å²) in [6.07, 6.45) is 0. The summed E-state index contributed by atoms with van der Waals surface area (Å²) in [5, 5.41) is 2.26. The Labute approximate surface area is 117 Å². The standard InChI is InChI=1S/C10H6.2Na/c1-2-6-10-8-4-3-7-9(10)5-1;;/h1-5,8H;;/q-2;2*+1. The molecule has 0 nitrogen and oxygen atoms in total. The van der Waals surface area contributed by atoms with E-state index in [1.54, 1.807) is 0 Å². The Morgan fingerprint density at radius 2 is 1.17 bits per heavy atom. The average Bonchev–Trinajstić information content (AvgIpc) is 2.05. The molecule has 0 unspecified atom stereocenters. The van der Waals surface area contributed by atoms with Gasteiger partial charge in [0, 0.05) is 0 Å². The van der Waals surface area contributed by atoms with Gasteiger partial charge in [0.05, 0.1) is 0 Å². The predicted octanol–water partition coefficient (Wildman–Crippen LogP) is -3.55. The van der Waals surface area contributed by atoms with Gasteiger partial charge in [0.2, 0.25) is 0 Å². The van der Waals surface area contributed by atoms with Crippen LogP contribution >= 0.6 is 0 Å². The van der Waals surface area contributed by atoms with E-state index in [1.807, 2.05) is 36.4 Å². The number of hydrogen-bond donors (Lipinski definition) is 0. The topological polar surface area (TPSA) is 0 Å². The molecule has 2 aromatic rings. The zero-order chi connectivity index (χ0) is 6.81. The van der Waals surface area contributed by atoms with E-state index in [9.17, 15) is 0 Å². The van der Waals surface area contributed by atoms with Crippen molar-refractivity contribution in [1.29, 1.82) is 0 Å². The molecule has 2 aromatic carbocycles. The van der Waals surface area contributed by atoms with Gasteiger partial charge in [-0.25, -0.2) is 22.9 Å². The maximum atomic E-state index is 3.12. The van der Waals surface area contributed by atoms with Crippen LogP contribution in [0.1, 0.15) is 0 Å². The van der Waals surface area contributed by atoms with Crippen molar-refractivity contribution in [2.24, 2.45) is 0 Å². The molecule has 48 valence electrons. The largest absolute Gasteiger partial charge is 1.00 e. The molecular formula is C10H6Na2. The van der Waals surface area contributed by atoms with Crippen molar-refractivity contribution >= 4 is 10.8 Å². The summed E-state index contributed by atoms with van der Waals surface area (Å²) in [7, 11) is 0. The van der Waals surface area contributed by atoms with Crippen LogP contribution in [0.3, 0.4) is 0 Å². The summed E-state index contributed by atoms with van der Waals surface area (Å²) in [6.45, 7) is 0. The Morgan fingerprint density at radius 1 is 0.750 bits per heavy atom. The van der Waals surface area contributed by atoms with E-state index in [2.05, 4.69) is 12.1 Å². The van der Waals surface area contributed by atoms with Crippen LogP contribution in [0.2, 0.25) is 0 Å². The third-order valence-electron chi connectivity index (χ3n) is 1.49. The van der Waals surface area contributed by atoms with Gasteiger partial charge in [0.15, 0.2) is 0 Å². The molecule has 0 N–H and O–H groups in total. The number of rotatable bonds is 0. The maximum absolute atomic E-state index is 3.12. The molecule has 2 heteroatoms.